The summed E-state index contributed by atoms with van der Waals surface area (Å²) >= 11 is 0.395. The van der Waals surface area contributed by atoms with Crippen LogP contribution in [0.25, 0.3) is 11.0 Å². The molecule has 7 heteroatoms. The summed E-state index contributed by atoms with van der Waals surface area (Å²) in [5.41, 5.74) is 1.47. The van der Waals surface area contributed by atoms with Crippen molar-refractivity contribution in [1.82, 2.24) is 5.16 Å². The van der Waals surface area contributed by atoms with E-state index in [0.29, 0.717) is 33.6 Å². The number of thioether (sulfide) groups is 1. The van der Waals surface area contributed by atoms with Crippen LogP contribution in [-0.4, -0.2) is 16.8 Å². The van der Waals surface area contributed by atoms with Gasteiger partial charge < -0.3 is 9.84 Å². The molecular formula is C16H12F2N2O2S. The summed E-state index contributed by atoms with van der Waals surface area (Å²) < 4.78 is 30.2. The zero-order chi connectivity index (χ0) is 16.2. The Morgan fingerprint density at radius 3 is 2.74 bits per heavy atom. The number of alkyl halides is 2. The summed E-state index contributed by atoms with van der Waals surface area (Å²) in [6.45, 7) is 0. The van der Waals surface area contributed by atoms with Crippen LogP contribution >= 0.6 is 11.8 Å². The van der Waals surface area contributed by atoms with Crippen LogP contribution in [0.1, 0.15) is 5.69 Å². The molecule has 0 saturated carbocycles. The van der Waals surface area contributed by atoms with Gasteiger partial charge in [-0.05, 0) is 24.3 Å². The lowest BCUT2D eigenvalue weighted by atomic mass is 10.1. The Balaban J connectivity index is 1.75. The number of hydrogen-bond acceptors (Lipinski definition) is 4. The van der Waals surface area contributed by atoms with Crippen LogP contribution in [0.4, 0.5) is 14.5 Å². The van der Waals surface area contributed by atoms with Gasteiger partial charge in [0.2, 0.25) is 5.91 Å². The smallest absolute Gasteiger partial charge is 0.288 e. The number of anilines is 1. The average Bonchev–Trinajstić information content (AvgIpc) is 2.92. The molecule has 23 heavy (non-hydrogen) atoms. The Hall–Kier alpha value is -2.41. The van der Waals surface area contributed by atoms with E-state index in [4.69, 9.17) is 4.52 Å². The van der Waals surface area contributed by atoms with Gasteiger partial charge in [0.15, 0.2) is 5.58 Å². The molecule has 3 rings (SSSR count). The highest BCUT2D eigenvalue weighted by Crippen LogP contribution is 2.31. The first-order valence-corrected chi connectivity index (χ1v) is 7.68. The molecule has 0 aliphatic carbocycles. The van der Waals surface area contributed by atoms with Crippen molar-refractivity contribution in [2.45, 2.75) is 17.1 Å². The lowest BCUT2D eigenvalue weighted by Gasteiger charge is -2.09. The van der Waals surface area contributed by atoms with Crippen LogP contribution in [0.3, 0.4) is 0 Å². The van der Waals surface area contributed by atoms with Gasteiger partial charge in [0.1, 0.15) is 5.69 Å². The summed E-state index contributed by atoms with van der Waals surface area (Å²) in [5, 5.41) is 7.29. The van der Waals surface area contributed by atoms with Crippen molar-refractivity contribution in [2.75, 3.05) is 5.32 Å². The second-order valence-electron chi connectivity index (χ2n) is 4.73. The van der Waals surface area contributed by atoms with Gasteiger partial charge in [0.05, 0.1) is 12.1 Å². The fourth-order valence-electron chi connectivity index (χ4n) is 2.18. The minimum Gasteiger partial charge on any atom is -0.356 e. The van der Waals surface area contributed by atoms with Crippen LogP contribution in [0.2, 0.25) is 0 Å². The van der Waals surface area contributed by atoms with Crippen LogP contribution in [-0.2, 0) is 11.2 Å². The van der Waals surface area contributed by atoms with Gasteiger partial charge in [-0.25, -0.2) is 0 Å². The van der Waals surface area contributed by atoms with Gasteiger partial charge in [0.25, 0.3) is 5.76 Å². The van der Waals surface area contributed by atoms with E-state index in [1.807, 2.05) is 18.2 Å². The third kappa shape index (κ3) is 3.68. The number of para-hydroxylation sites is 2. The molecule has 0 atom stereocenters. The third-order valence-corrected chi connectivity index (χ3v) is 3.95. The molecule has 0 aliphatic rings. The summed E-state index contributed by atoms with van der Waals surface area (Å²) in [6, 6.07) is 13.7. The number of carbonyl (C=O) groups excluding carboxylic acids is 1. The number of nitrogens with zero attached hydrogens (tertiary/aromatic N) is 1. The van der Waals surface area contributed by atoms with E-state index < -0.39 is 5.76 Å². The number of amides is 1. The highest BCUT2D eigenvalue weighted by atomic mass is 32.2. The van der Waals surface area contributed by atoms with E-state index in [0.717, 1.165) is 5.39 Å². The molecule has 1 heterocycles. The second kappa shape index (κ2) is 6.78. The van der Waals surface area contributed by atoms with Crippen LogP contribution in [0.5, 0.6) is 0 Å². The fourth-order valence-corrected chi connectivity index (χ4v) is 2.78. The van der Waals surface area contributed by atoms with Crippen molar-refractivity contribution in [3.05, 3.63) is 54.2 Å². The minimum atomic E-state index is -2.55. The van der Waals surface area contributed by atoms with Crippen LogP contribution in [0, 0.1) is 0 Å². The Labute approximate surface area is 134 Å². The predicted octanol–water partition coefficient (Wildman–Crippen LogP) is 4.32. The Bertz CT molecular complexity index is 836. The number of hydrogen-bond donors (Lipinski definition) is 1. The number of halogens is 2. The molecular weight excluding hydrogens is 322 g/mol. The first-order chi connectivity index (χ1) is 11.1. The maximum Gasteiger partial charge on any atom is 0.288 e. The maximum absolute atomic E-state index is 12.5. The van der Waals surface area contributed by atoms with Crippen LogP contribution in [0.15, 0.2) is 57.9 Å². The molecule has 0 spiro atoms. The topological polar surface area (TPSA) is 55.1 Å². The highest BCUT2D eigenvalue weighted by Gasteiger charge is 2.15. The summed E-state index contributed by atoms with van der Waals surface area (Å²) in [7, 11) is 0. The van der Waals surface area contributed by atoms with E-state index in [-0.39, 0.29) is 12.3 Å². The molecule has 0 bridgehead atoms. The highest BCUT2D eigenvalue weighted by molar-refractivity contribution is 7.99. The zero-order valence-corrected chi connectivity index (χ0v) is 12.6. The molecule has 1 N–H and O–H groups in total. The molecule has 0 saturated heterocycles. The van der Waals surface area contributed by atoms with E-state index in [1.54, 1.807) is 24.3 Å². The molecule has 0 aliphatic heterocycles. The van der Waals surface area contributed by atoms with Gasteiger partial charge in [-0.1, -0.05) is 41.2 Å². The molecule has 1 aromatic heterocycles. The van der Waals surface area contributed by atoms with E-state index >= 15 is 0 Å². The zero-order valence-electron chi connectivity index (χ0n) is 11.8. The van der Waals surface area contributed by atoms with E-state index in [1.165, 1.54) is 6.07 Å². The summed E-state index contributed by atoms with van der Waals surface area (Å²) in [6.07, 6.45) is 0.00466. The third-order valence-electron chi connectivity index (χ3n) is 3.16. The Morgan fingerprint density at radius 1 is 1.17 bits per heavy atom. The lowest BCUT2D eigenvalue weighted by Crippen LogP contribution is -2.15. The molecule has 0 fully saturated rings. The van der Waals surface area contributed by atoms with Crippen molar-refractivity contribution < 1.29 is 18.1 Å². The van der Waals surface area contributed by atoms with E-state index in [2.05, 4.69) is 10.5 Å². The normalized spacial score (nSPS) is 11.1. The molecule has 0 unspecified atom stereocenters. The van der Waals surface area contributed by atoms with E-state index in [9.17, 15) is 13.6 Å². The van der Waals surface area contributed by atoms with Gasteiger partial charge in [-0.2, -0.15) is 8.78 Å². The number of aromatic nitrogens is 1. The number of fused-ring (bicyclic) bond motifs is 1. The quantitative estimate of drug-likeness (QED) is 0.706. The van der Waals surface area contributed by atoms with Crippen molar-refractivity contribution in [1.29, 1.82) is 0 Å². The van der Waals surface area contributed by atoms with Crippen molar-refractivity contribution >= 4 is 34.3 Å². The first-order valence-electron chi connectivity index (χ1n) is 6.80. The van der Waals surface area contributed by atoms with Gasteiger partial charge >= 0.3 is 0 Å². The largest absolute Gasteiger partial charge is 0.356 e. The summed E-state index contributed by atoms with van der Waals surface area (Å²) in [5.74, 6) is -2.89. The predicted molar refractivity (Wildman–Crippen MR) is 84.6 cm³/mol. The lowest BCUT2D eigenvalue weighted by molar-refractivity contribution is -0.115. The number of rotatable bonds is 5. The maximum atomic E-state index is 12.5. The number of benzene rings is 2. The molecule has 2 aromatic carbocycles. The standard InChI is InChI=1S/C16H12F2N2O2S/c17-16(18)23-14-8-4-2-6-11(14)19-15(21)9-12-10-5-1-3-7-13(10)22-20-12/h1-8,16H,9H2,(H,19,21). The van der Waals surface area contributed by atoms with Gasteiger partial charge in [0, 0.05) is 10.3 Å². The first kappa shape index (κ1) is 15.5. The fraction of sp³-hybridized carbons (Fsp3) is 0.125. The second-order valence-corrected chi connectivity index (χ2v) is 5.76. The molecule has 1 amide bonds. The Morgan fingerprint density at radius 2 is 1.91 bits per heavy atom. The SMILES string of the molecule is O=C(Cc1noc2ccccc12)Nc1ccccc1SC(F)F. The Kier molecular flexibility index (Phi) is 4.57. The number of nitrogens with one attached hydrogen (secondary N) is 1. The van der Waals surface area contributed by atoms with Crippen molar-refractivity contribution in [3.63, 3.8) is 0 Å². The van der Waals surface area contributed by atoms with Crippen molar-refractivity contribution in [3.8, 4) is 0 Å². The molecule has 0 radical (unpaired) electrons. The van der Waals surface area contributed by atoms with Gasteiger partial charge in [-0.3, -0.25) is 4.79 Å². The monoisotopic (exact) mass is 334 g/mol. The van der Waals surface area contributed by atoms with Crippen LogP contribution < -0.4 is 5.32 Å². The molecule has 4 nitrogen and oxygen atoms in total. The molecule has 3 aromatic rings. The van der Waals surface area contributed by atoms with Crippen molar-refractivity contribution in [2.24, 2.45) is 0 Å². The minimum absolute atomic E-state index is 0.00466. The molecule has 118 valence electrons. The average molecular weight is 334 g/mol. The number of carbonyl (C=O) groups is 1. The van der Waals surface area contributed by atoms with Gasteiger partial charge in [-0.15, -0.1) is 0 Å². The summed E-state index contributed by atoms with van der Waals surface area (Å²) in [4.78, 5) is 12.5.